The predicted octanol–water partition coefficient (Wildman–Crippen LogP) is 0.395. The number of hydroxylamine groups is 1. The summed E-state index contributed by atoms with van der Waals surface area (Å²) in [7, 11) is 1.59. The third-order valence-electron chi connectivity index (χ3n) is 2.96. The van der Waals surface area contributed by atoms with Gasteiger partial charge in [-0.05, 0) is 17.5 Å². The van der Waals surface area contributed by atoms with Gasteiger partial charge in [-0.15, -0.1) is 0 Å². The van der Waals surface area contributed by atoms with Crippen molar-refractivity contribution in [2.45, 2.75) is 19.0 Å². The summed E-state index contributed by atoms with van der Waals surface area (Å²) in [5, 5.41) is 3.19. The van der Waals surface area contributed by atoms with Crippen LogP contribution < -0.4 is 10.8 Å². The van der Waals surface area contributed by atoms with Crippen LogP contribution in [0.5, 0.6) is 0 Å². The normalized spacial score (nSPS) is 18.2. The van der Waals surface area contributed by atoms with Gasteiger partial charge in [0.05, 0.1) is 19.3 Å². The molecule has 0 spiro atoms. The molecule has 5 heteroatoms. The van der Waals surface area contributed by atoms with Gasteiger partial charge in [-0.2, -0.15) is 0 Å². The van der Waals surface area contributed by atoms with Crippen LogP contribution in [-0.4, -0.2) is 32.3 Å². The zero-order chi connectivity index (χ0) is 12.8. The lowest BCUT2D eigenvalue weighted by atomic mass is 9.96. The Labute approximate surface area is 106 Å². The number of methoxy groups -OCH3 is 1. The summed E-state index contributed by atoms with van der Waals surface area (Å²) in [6.45, 7) is 1.53. The highest BCUT2D eigenvalue weighted by molar-refractivity contribution is 5.81. The van der Waals surface area contributed by atoms with E-state index in [1.165, 1.54) is 11.1 Å². The second kappa shape index (κ2) is 6.49. The number of amides is 1. The molecule has 18 heavy (non-hydrogen) atoms. The van der Waals surface area contributed by atoms with Crippen LogP contribution in [0.4, 0.5) is 0 Å². The van der Waals surface area contributed by atoms with Gasteiger partial charge in [-0.3, -0.25) is 9.63 Å². The molecule has 1 aromatic rings. The van der Waals surface area contributed by atoms with E-state index >= 15 is 0 Å². The number of ether oxygens (including phenoxy) is 1. The molecule has 0 aliphatic carbocycles. The van der Waals surface area contributed by atoms with E-state index < -0.39 is 0 Å². The number of hydrogen-bond donors (Lipinski definition) is 2. The summed E-state index contributed by atoms with van der Waals surface area (Å²) in [5.74, 6) is -0.138. The molecule has 2 rings (SSSR count). The van der Waals surface area contributed by atoms with Crippen LogP contribution in [0.3, 0.4) is 0 Å². The van der Waals surface area contributed by atoms with E-state index in [-0.39, 0.29) is 11.9 Å². The van der Waals surface area contributed by atoms with Crippen molar-refractivity contribution in [3.63, 3.8) is 0 Å². The lowest BCUT2D eigenvalue weighted by Crippen LogP contribution is -2.47. The van der Waals surface area contributed by atoms with Crippen LogP contribution in [0.25, 0.3) is 0 Å². The van der Waals surface area contributed by atoms with Crippen molar-refractivity contribution in [3.05, 3.63) is 35.4 Å². The third kappa shape index (κ3) is 3.29. The van der Waals surface area contributed by atoms with Gasteiger partial charge in [0, 0.05) is 13.7 Å². The molecule has 1 aromatic carbocycles. The quantitative estimate of drug-likeness (QED) is 0.586. The van der Waals surface area contributed by atoms with Crippen molar-refractivity contribution in [2.75, 3.05) is 20.3 Å². The second-order valence-corrected chi connectivity index (χ2v) is 4.21. The molecule has 2 N–H and O–H groups in total. The van der Waals surface area contributed by atoms with E-state index in [2.05, 4.69) is 22.9 Å². The third-order valence-corrected chi connectivity index (χ3v) is 2.96. The number of fused-ring (bicyclic) bond motifs is 1. The molecule has 98 valence electrons. The SMILES string of the molecule is COCCONC(=O)[C@@H]1Cc2ccccc2CN1. The van der Waals surface area contributed by atoms with E-state index in [9.17, 15) is 4.79 Å². The maximum atomic E-state index is 11.8. The first-order valence-electron chi connectivity index (χ1n) is 6.02. The lowest BCUT2D eigenvalue weighted by molar-refractivity contribution is -0.136. The van der Waals surface area contributed by atoms with Crippen LogP contribution in [0.2, 0.25) is 0 Å². The van der Waals surface area contributed by atoms with Gasteiger partial charge in [0.15, 0.2) is 0 Å². The summed E-state index contributed by atoms with van der Waals surface area (Å²) < 4.78 is 4.82. The first-order valence-corrected chi connectivity index (χ1v) is 6.02. The van der Waals surface area contributed by atoms with Crippen LogP contribution >= 0.6 is 0 Å². The number of rotatable bonds is 5. The molecule has 0 unspecified atom stereocenters. The number of carbonyl (C=O) groups is 1. The van der Waals surface area contributed by atoms with Crippen molar-refractivity contribution in [1.82, 2.24) is 10.8 Å². The fraction of sp³-hybridized carbons (Fsp3) is 0.462. The molecular formula is C13H18N2O3. The highest BCUT2D eigenvalue weighted by atomic mass is 16.7. The highest BCUT2D eigenvalue weighted by Gasteiger charge is 2.23. The van der Waals surface area contributed by atoms with Gasteiger partial charge in [-0.25, -0.2) is 5.48 Å². The van der Waals surface area contributed by atoms with Gasteiger partial charge < -0.3 is 10.1 Å². The van der Waals surface area contributed by atoms with Gasteiger partial charge in [0.25, 0.3) is 5.91 Å². The summed E-state index contributed by atoms with van der Waals surface area (Å²) in [5.41, 5.74) is 4.90. The van der Waals surface area contributed by atoms with Crippen LogP contribution in [0.15, 0.2) is 24.3 Å². The Bertz CT molecular complexity index is 409. The van der Waals surface area contributed by atoms with Crippen molar-refractivity contribution in [3.8, 4) is 0 Å². The van der Waals surface area contributed by atoms with Crippen LogP contribution in [0.1, 0.15) is 11.1 Å². The zero-order valence-corrected chi connectivity index (χ0v) is 10.4. The highest BCUT2D eigenvalue weighted by Crippen LogP contribution is 2.16. The molecule has 5 nitrogen and oxygen atoms in total. The largest absolute Gasteiger partial charge is 0.382 e. The average Bonchev–Trinajstić information content (AvgIpc) is 2.43. The zero-order valence-electron chi connectivity index (χ0n) is 10.4. The van der Waals surface area contributed by atoms with Gasteiger partial charge in [0.1, 0.15) is 0 Å². The van der Waals surface area contributed by atoms with Gasteiger partial charge >= 0.3 is 0 Å². The van der Waals surface area contributed by atoms with E-state index in [1.807, 2.05) is 12.1 Å². The van der Waals surface area contributed by atoms with Gasteiger partial charge in [0.2, 0.25) is 0 Å². The molecule has 1 amide bonds. The van der Waals surface area contributed by atoms with Crippen LogP contribution in [0, 0.1) is 0 Å². The minimum absolute atomic E-state index is 0.138. The average molecular weight is 250 g/mol. The Balaban J connectivity index is 1.83. The Hall–Kier alpha value is -1.43. The molecule has 1 aliphatic heterocycles. The molecule has 0 aromatic heterocycles. The topological polar surface area (TPSA) is 59.6 Å². The molecular weight excluding hydrogens is 232 g/mol. The van der Waals surface area contributed by atoms with Crippen molar-refractivity contribution < 1.29 is 14.4 Å². The Morgan fingerprint density at radius 3 is 2.94 bits per heavy atom. The molecule has 1 atom stereocenters. The summed E-state index contributed by atoms with van der Waals surface area (Å²) in [6.07, 6.45) is 0.690. The van der Waals surface area contributed by atoms with E-state index in [0.717, 1.165) is 0 Å². The summed E-state index contributed by atoms with van der Waals surface area (Å²) in [4.78, 5) is 16.8. The van der Waals surface area contributed by atoms with Crippen LogP contribution in [-0.2, 0) is 27.3 Å². The number of carbonyl (C=O) groups excluding carboxylic acids is 1. The van der Waals surface area contributed by atoms with Crippen molar-refractivity contribution in [2.24, 2.45) is 0 Å². The maximum Gasteiger partial charge on any atom is 0.261 e. The number of benzene rings is 1. The molecule has 0 bridgehead atoms. The van der Waals surface area contributed by atoms with Crippen molar-refractivity contribution in [1.29, 1.82) is 0 Å². The fourth-order valence-corrected chi connectivity index (χ4v) is 1.96. The molecule has 0 saturated carbocycles. The molecule has 0 fully saturated rings. The minimum atomic E-state index is -0.234. The van der Waals surface area contributed by atoms with E-state index in [4.69, 9.17) is 9.57 Å². The monoisotopic (exact) mass is 250 g/mol. The molecule has 1 heterocycles. The molecule has 1 aliphatic rings. The Morgan fingerprint density at radius 2 is 2.17 bits per heavy atom. The fourth-order valence-electron chi connectivity index (χ4n) is 1.96. The maximum absolute atomic E-state index is 11.8. The summed E-state index contributed by atoms with van der Waals surface area (Å²) in [6, 6.07) is 7.90. The Morgan fingerprint density at radius 1 is 1.39 bits per heavy atom. The standard InChI is InChI=1S/C13H18N2O3/c1-17-6-7-18-15-13(16)12-8-10-4-2-3-5-11(10)9-14-12/h2-5,12,14H,6-9H2,1H3,(H,15,16)/t12-/m0/s1. The minimum Gasteiger partial charge on any atom is -0.382 e. The smallest absolute Gasteiger partial charge is 0.261 e. The number of hydrogen-bond acceptors (Lipinski definition) is 4. The molecule has 0 radical (unpaired) electrons. The van der Waals surface area contributed by atoms with E-state index in [1.54, 1.807) is 7.11 Å². The lowest BCUT2D eigenvalue weighted by Gasteiger charge is -2.24. The first kappa shape index (κ1) is 13.0. The molecule has 0 saturated heterocycles. The van der Waals surface area contributed by atoms with Crippen molar-refractivity contribution >= 4 is 5.91 Å². The van der Waals surface area contributed by atoms with E-state index in [0.29, 0.717) is 26.2 Å². The predicted molar refractivity (Wildman–Crippen MR) is 66.7 cm³/mol. The summed E-state index contributed by atoms with van der Waals surface area (Å²) >= 11 is 0. The Kier molecular flexibility index (Phi) is 4.69. The first-order chi connectivity index (χ1) is 8.81. The second-order valence-electron chi connectivity index (χ2n) is 4.21. The van der Waals surface area contributed by atoms with Gasteiger partial charge in [-0.1, -0.05) is 24.3 Å². The number of nitrogens with one attached hydrogen (secondary N) is 2.